The van der Waals surface area contributed by atoms with E-state index in [1.165, 1.54) is 0 Å². The molecule has 0 atom stereocenters. The molecule has 0 amide bonds. The van der Waals surface area contributed by atoms with Crippen molar-refractivity contribution in [3.63, 3.8) is 0 Å². The molecule has 4 heterocycles. The first kappa shape index (κ1) is 39.1. The molecular formula is C61H39N7. The van der Waals surface area contributed by atoms with Gasteiger partial charge in [0.05, 0.1) is 39.1 Å². The number of para-hydroxylation sites is 3. The van der Waals surface area contributed by atoms with Gasteiger partial charge in [-0.1, -0.05) is 188 Å². The summed E-state index contributed by atoms with van der Waals surface area (Å²) in [7, 11) is 0. The van der Waals surface area contributed by atoms with Crippen molar-refractivity contribution in [1.82, 2.24) is 34.1 Å². The number of nitrogens with zero attached hydrogens (tertiary/aromatic N) is 7. The Balaban J connectivity index is 1.04. The van der Waals surface area contributed by atoms with Crippen LogP contribution in [0.1, 0.15) is 0 Å². The van der Waals surface area contributed by atoms with E-state index in [2.05, 4.69) is 173 Å². The zero-order chi connectivity index (χ0) is 45.0. The van der Waals surface area contributed by atoms with Crippen molar-refractivity contribution in [3.8, 4) is 79.4 Å². The van der Waals surface area contributed by atoms with Crippen LogP contribution in [0.5, 0.6) is 0 Å². The van der Waals surface area contributed by atoms with Crippen molar-refractivity contribution < 1.29 is 0 Å². The highest BCUT2D eigenvalue weighted by Gasteiger charge is 2.24. The van der Waals surface area contributed by atoms with E-state index in [4.69, 9.17) is 24.9 Å². The van der Waals surface area contributed by atoms with Crippen LogP contribution < -0.4 is 0 Å². The molecule has 318 valence electrons. The van der Waals surface area contributed by atoms with Crippen molar-refractivity contribution in [3.05, 3.63) is 237 Å². The quantitative estimate of drug-likeness (QED) is 0.152. The second-order valence-electron chi connectivity index (χ2n) is 16.9. The molecule has 7 heteroatoms. The van der Waals surface area contributed by atoms with Crippen LogP contribution >= 0.6 is 0 Å². The van der Waals surface area contributed by atoms with Gasteiger partial charge >= 0.3 is 0 Å². The standard InChI is InChI=1S/C61H39N7/c1-5-20-40(21-6-1)44-28-19-29-45(38-44)50-39-49(41-22-7-2-8-23-41)62-60(63-50)48-32-15-18-35-53(48)67-51-33-16-13-30-46(51)56-54(67)36-37-55-57(56)47-31-14-17-34-52(47)68(55)61-65-58(42-24-9-3-10-25-42)64-59(66-61)43-26-11-4-12-27-43/h1-39H. The number of fused-ring (bicyclic) bond motifs is 7. The summed E-state index contributed by atoms with van der Waals surface area (Å²) in [4.78, 5) is 26.2. The number of rotatable bonds is 8. The van der Waals surface area contributed by atoms with Crippen molar-refractivity contribution in [2.75, 3.05) is 0 Å². The fourth-order valence-electron chi connectivity index (χ4n) is 9.71. The summed E-state index contributed by atoms with van der Waals surface area (Å²) in [5, 5.41) is 4.50. The van der Waals surface area contributed by atoms with Gasteiger partial charge in [0.2, 0.25) is 5.95 Å². The van der Waals surface area contributed by atoms with Gasteiger partial charge in [0.15, 0.2) is 17.5 Å². The van der Waals surface area contributed by atoms with Gasteiger partial charge in [-0.3, -0.25) is 4.57 Å². The molecule has 7 nitrogen and oxygen atoms in total. The average molecular weight is 870 g/mol. The molecule has 0 saturated carbocycles. The molecule has 0 saturated heterocycles. The van der Waals surface area contributed by atoms with Crippen LogP contribution in [0.3, 0.4) is 0 Å². The average Bonchev–Trinajstić information content (AvgIpc) is 3.94. The fourth-order valence-corrected chi connectivity index (χ4v) is 9.71. The second-order valence-corrected chi connectivity index (χ2v) is 16.9. The first-order chi connectivity index (χ1) is 33.7. The molecule has 0 spiro atoms. The van der Waals surface area contributed by atoms with E-state index in [0.717, 1.165) is 99.6 Å². The predicted molar refractivity (Wildman–Crippen MR) is 277 cm³/mol. The molecule has 4 aromatic heterocycles. The lowest BCUT2D eigenvalue weighted by Crippen LogP contribution is -2.06. The SMILES string of the molecule is c1ccc(-c2cccc(-c3cc(-c4ccccc4)nc(-c4ccccc4-n4c5ccccc5c5c6c7ccccc7n(-c7nc(-c8ccccc8)nc(-c8ccccc8)n7)c6ccc54)n3)c2)cc1. The highest BCUT2D eigenvalue weighted by atomic mass is 15.2. The molecule has 13 aromatic rings. The van der Waals surface area contributed by atoms with Gasteiger partial charge in [-0.25, -0.2) is 15.0 Å². The van der Waals surface area contributed by atoms with Crippen LogP contribution in [0.15, 0.2) is 237 Å². The smallest absolute Gasteiger partial charge is 0.238 e. The largest absolute Gasteiger partial charge is 0.308 e. The Kier molecular flexibility index (Phi) is 9.35. The molecule has 9 aromatic carbocycles. The van der Waals surface area contributed by atoms with Crippen LogP contribution in [0, 0.1) is 0 Å². The predicted octanol–water partition coefficient (Wildman–Crippen LogP) is 14.9. The molecule has 0 aliphatic rings. The Morgan fingerprint density at radius 3 is 1.34 bits per heavy atom. The molecule has 0 aliphatic carbocycles. The van der Waals surface area contributed by atoms with Crippen LogP contribution in [0.25, 0.3) is 123 Å². The fraction of sp³-hybridized carbons (Fsp3) is 0. The third-order valence-corrected chi connectivity index (χ3v) is 12.8. The lowest BCUT2D eigenvalue weighted by Gasteiger charge is -2.15. The zero-order valence-corrected chi connectivity index (χ0v) is 36.6. The van der Waals surface area contributed by atoms with E-state index in [1.54, 1.807) is 0 Å². The summed E-state index contributed by atoms with van der Waals surface area (Å²) in [6.45, 7) is 0. The lowest BCUT2D eigenvalue weighted by atomic mass is 10.0. The van der Waals surface area contributed by atoms with E-state index < -0.39 is 0 Å². The van der Waals surface area contributed by atoms with E-state index in [9.17, 15) is 0 Å². The molecule has 0 radical (unpaired) electrons. The molecule has 13 rings (SSSR count). The summed E-state index contributed by atoms with van der Waals surface area (Å²) in [5.74, 6) is 2.42. The Hall–Kier alpha value is -9.33. The summed E-state index contributed by atoms with van der Waals surface area (Å²) in [5.41, 5.74) is 13.9. The molecule has 0 bridgehead atoms. The van der Waals surface area contributed by atoms with Gasteiger partial charge < -0.3 is 4.57 Å². The summed E-state index contributed by atoms with van der Waals surface area (Å²) < 4.78 is 4.58. The van der Waals surface area contributed by atoms with Gasteiger partial charge in [-0.2, -0.15) is 9.97 Å². The third-order valence-electron chi connectivity index (χ3n) is 12.8. The van der Waals surface area contributed by atoms with E-state index >= 15 is 0 Å². The topological polar surface area (TPSA) is 74.3 Å². The van der Waals surface area contributed by atoms with Crippen LogP contribution in [0.4, 0.5) is 0 Å². The summed E-state index contributed by atoms with van der Waals surface area (Å²) in [6.07, 6.45) is 0. The van der Waals surface area contributed by atoms with E-state index in [1.807, 2.05) is 72.8 Å². The molecular weight excluding hydrogens is 831 g/mol. The number of benzene rings is 9. The summed E-state index contributed by atoms with van der Waals surface area (Å²) >= 11 is 0. The van der Waals surface area contributed by atoms with Crippen molar-refractivity contribution in [2.45, 2.75) is 0 Å². The van der Waals surface area contributed by atoms with Gasteiger partial charge in [-0.15, -0.1) is 0 Å². The molecule has 0 unspecified atom stereocenters. The normalized spacial score (nSPS) is 11.5. The van der Waals surface area contributed by atoms with Crippen LogP contribution in [0.2, 0.25) is 0 Å². The van der Waals surface area contributed by atoms with Gasteiger partial charge in [0.25, 0.3) is 0 Å². The minimum atomic E-state index is 0.554. The van der Waals surface area contributed by atoms with Gasteiger partial charge in [0, 0.05) is 49.4 Å². The minimum Gasteiger partial charge on any atom is -0.308 e. The Morgan fingerprint density at radius 1 is 0.265 bits per heavy atom. The highest BCUT2D eigenvalue weighted by Crippen LogP contribution is 2.43. The molecule has 68 heavy (non-hydrogen) atoms. The van der Waals surface area contributed by atoms with E-state index in [-0.39, 0.29) is 0 Å². The molecule has 0 N–H and O–H groups in total. The lowest BCUT2D eigenvalue weighted by molar-refractivity contribution is 0.953. The Bertz CT molecular complexity index is 3950. The Morgan fingerprint density at radius 2 is 0.721 bits per heavy atom. The first-order valence-electron chi connectivity index (χ1n) is 22.8. The maximum absolute atomic E-state index is 5.40. The minimum absolute atomic E-state index is 0.554. The zero-order valence-electron chi connectivity index (χ0n) is 36.6. The first-order valence-corrected chi connectivity index (χ1v) is 22.8. The highest BCUT2D eigenvalue weighted by molar-refractivity contribution is 6.29. The number of hydrogen-bond donors (Lipinski definition) is 0. The van der Waals surface area contributed by atoms with Crippen molar-refractivity contribution in [1.29, 1.82) is 0 Å². The van der Waals surface area contributed by atoms with Gasteiger partial charge in [-0.05, 0) is 59.7 Å². The second kappa shape index (κ2) is 16.3. The van der Waals surface area contributed by atoms with Crippen LogP contribution in [-0.2, 0) is 0 Å². The maximum atomic E-state index is 5.40. The summed E-state index contributed by atoms with van der Waals surface area (Å²) in [6, 6.07) is 82.1. The van der Waals surface area contributed by atoms with Crippen LogP contribution in [-0.4, -0.2) is 34.1 Å². The Labute approximate surface area is 392 Å². The molecule has 0 fully saturated rings. The maximum Gasteiger partial charge on any atom is 0.238 e. The number of hydrogen-bond acceptors (Lipinski definition) is 5. The number of aromatic nitrogens is 7. The van der Waals surface area contributed by atoms with E-state index in [0.29, 0.717) is 23.4 Å². The van der Waals surface area contributed by atoms with Gasteiger partial charge in [0.1, 0.15) is 0 Å². The van der Waals surface area contributed by atoms with Crippen molar-refractivity contribution in [2.24, 2.45) is 0 Å². The third kappa shape index (κ3) is 6.64. The monoisotopic (exact) mass is 869 g/mol. The molecule has 0 aliphatic heterocycles. The van der Waals surface area contributed by atoms with Crippen molar-refractivity contribution >= 4 is 43.6 Å².